The number of carbonyl (C=O) groups excluding carboxylic acids is 2. The molecule has 4 rings (SSSR count). The van der Waals surface area contributed by atoms with Gasteiger partial charge in [0.2, 0.25) is 11.8 Å². The van der Waals surface area contributed by atoms with E-state index in [-0.39, 0.29) is 36.1 Å². The molecule has 1 heterocycles. The van der Waals surface area contributed by atoms with Gasteiger partial charge in [-0.25, -0.2) is 4.39 Å². The zero-order chi connectivity index (χ0) is 22.5. The van der Waals surface area contributed by atoms with E-state index in [0.29, 0.717) is 19.6 Å². The van der Waals surface area contributed by atoms with Gasteiger partial charge in [0.05, 0.1) is 13.1 Å². The number of nitrogens with zero attached hydrogens (tertiary/aromatic N) is 3. The Hall–Kier alpha value is -2.63. The molecule has 2 aliphatic rings. The summed E-state index contributed by atoms with van der Waals surface area (Å²) in [4.78, 5) is 29.8. The number of carbonyl (C=O) groups is 2. The van der Waals surface area contributed by atoms with Crippen LogP contribution in [0.5, 0.6) is 0 Å². The van der Waals surface area contributed by atoms with Crippen LogP contribution in [0, 0.1) is 11.7 Å². The van der Waals surface area contributed by atoms with Gasteiger partial charge in [0, 0.05) is 36.9 Å². The highest BCUT2D eigenvalue weighted by atomic mass is 19.1. The van der Waals surface area contributed by atoms with Crippen LogP contribution in [0.25, 0.3) is 0 Å². The Kier molecular flexibility index (Phi) is 7.28. The molecule has 2 aromatic rings. The monoisotopic (exact) mass is 439 g/mol. The van der Waals surface area contributed by atoms with Gasteiger partial charge < -0.3 is 14.4 Å². The maximum absolute atomic E-state index is 13.5. The van der Waals surface area contributed by atoms with Crippen LogP contribution in [0.2, 0.25) is 0 Å². The summed E-state index contributed by atoms with van der Waals surface area (Å²) in [6.07, 6.45) is 9.46. The topological polar surface area (TPSA) is 45.6 Å². The number of rotatable bonds is 9. The normalized spacial score (nSPS) is 16.7. The molecule has 0 saturated heterocycles. The lowest BCUT2D eigenvalue weighted by atomic mass is 9.94. The second-order valence-electron chi connectivity index (χ2n) is 9.19. The number of aromatic nitrogens is 1. The van der Waals surface area contributed by atoms with Crippen LogP contribution < -0.4 is 0 Å². The van der Waals surface area contributed by atoms with Crippen LogP contribution in [0.15, 0.2) is 42.6 Å². The summed E-state index contributed by atoms with van der Waals surface area (Å²) in [6, 6.07) is 10.8. The first-order valence-corrected chi connectivity index (χ1v) is 12.0. The number of likely N-dealkylation sites (N-methyl/N-ethyl adjacent to an activating group) is 1. The highest BCUT2D eigenvalue weighted by Crippen LogP contribution is 2.31. The summed E-state index contributed by atoms with van der Waals surface area (Å²) in [7, 11) is 0. The standard InChI is InChI=1S/C26H34FN3O2/c1-2-28(26(32)21-12-13-21)19-25(31)30(23-7-4-3-5-8-23)18-24-9-6-16-29(24)17-20-10-14-22(27)15-11-20/h6,9-11,14-16,21,23H,2-5,7-8,12-13,17-19H2,1H3. The minimum Gasteiger partial charge on any atom is -0.345 e. The van der Waals surface area contributed by atoms with E-state index in [1.54, 1.807) is 17.0 Å². The van der Waals surface area contributed by atoms with E-state index in [4.69, 9.17) is 0 Å². The summed E-state index contributed by atoms with van der Waals surface area (Å²) in [5.41, 5.74) is 2.08. The van der Waals surface area contributed by atoms with Gasteiger partial charge in [-0.3, -0.25) is 9.59 Å². The highest BCUT2D eigenvalue weighted by Gasteiger charge is 2.35. The van der Waals surface area contributed by atoms with Gasteiger partial charge in [0.1, 0.15) is 5.82 Å². The Morgan fingerprint density at radius 2 is 1.75 bits per heavy atom. The van der Waals surface area contributed by atoms with Crippen molar-refractivity contribution < 1.29 is 14.0 Å². The zero-order valence-corrected chi connectivity index (χ0v) is 19.0. The molecule has 1 aromatic heterocycles. The summed E-state index contributed by atoms with van der Waals surface area (Å²) in [5.74, 6) is 0.0574. The van der Waals surface area contributed by atoms with Crippen LogP contribution in [0.4, 0.5) is 4.39 Å². The van der Waals surface area contributed by atoms with Crippen LogP contribution in [0.1, 0.15) is 63.1 Å². The van der Waals surface area contributed by atoms with Crippen LogP contribution in [0.3, 0.4) is 0 Å². The first-order valence-electron chi connectivity index (χ1n) is 12.0. The molecule has 0 radical (unpaired) electrons. The Morgan fingerprint density at radius 3 is 2.41 bits per heavy atom. The van der Waals surface area contributed by atoms with Crippen LogP contribution >= 0.6 is 0 Å². The second-order valence-corrected chi connectivity index (χ2v) is 9.19. The molecule has 172 valence electrons. The van der Waals surface area contributed by atoms with E-state index < -0.39 is 0 Å². The van der Waals surface area contributed by atoms with Crippen molar-refractivity contribution in [3.8, 4) is 0 Å². The molecule has 32 heavy (non-hydrogen) atoms. The molecule has 2 amide bonds. The largest absolute Gasteiger partial charge is 0.345 e. The molecule has 2 saturated carbocycles. The number of amides is 2. The zero-order valence-electron chi connectivity index (χ0n) is 19.0. The Balaban J connectivity index is 1.49. The third kappa shape index (κ3) is 5.59. The molecule has 0 bridgehead atoms. The van der Waals surface area contributed by atoms with E-state index in [2.05, 4.69) is 10.6 Å². The maximum Gasteiger partial charge on any atom is 0.242 e. The number of benzene rings is 1. The van der Waals surface area contributed by atoms with Gasteiger partial charge in [-0.15, -0.1) is 0 Å². The predicted molar refractivity (Wildman–Crippen MR) is 122 cm³/mol. The summed E-state index contributed by atoms with van der Waals surface area (Å²) >= 11 is 0. The minimum absolute atomic E-state index is 0.0438. The highest BCUT2D eigenvalue weighted by molar-refractivity contribution is 5.87. The van der Waals surface area contributed by atoms with Crippen molar-refractivity contribution in [1.29, 1.82) is 0 Å². The number of hydrogen-bond donors (Lipinski definition) is 0. The summed E-state index contributed by atoms with van der Waals surface area (Å²) in [6.45, 7) is 3.86. The van der Waals surface area contributed by atoms with E-state index in [9.17, 15) is 14.0 Å². The fourth-order valence-corrected chi connectivity index (χ4v) is 4.71. The predicted octanol–water partition coefficient (Wildman–Crippen LogP) is 4.60. The summed E-state index contributed by atoms with van der Waals surface area (Å²) in [5, 5.41) is 0. The maximum atomic E-state index is 13.5. The lowest BCUT2D eigenvalue weighted by Gasteiger charge is -2.36. The molecule has 2 aliphatic carbocycles. The number of halogens is 1. The van der Waals surface area contributed by atoms with Gasteiger partial charge in [-0.1, -0.05) is 31.4 Å². The number of hydrogen-bond acceptors (Lipinski definition) is 2. The fraction of sp³-hybridized carbons (Fsp3) is 0.538. The van der Waals surface area contributed by atoms with Crippen molar-refractivity contribution >= 4 is 11.8 Å². The first-order chi connectivity index (χ1) is 15.5. The van der Waals surface area contributed by atoms with Gasteiger partial charge in [0.15, 0.2) is 0 Å². The Morgan fingerprint density at radius 1 is 1.03 bits per heavy atom. The van der Waals surface area contributed by atoms with Crippen molar-refractivity contribution in [2.45, 2.75) is 71.0 Å². The van der Waals surface area contributed by atoms with Crippen LogP contribution in [-0.2, 0) is 22.7 Å². The SMILES string of the molecule is CCN(CC(=O)N(Cc1cccn1Cc1ccc(F)cc1)C1CCCCC1)C(=O)C1CC1. The lowest BCUT2D eigenvalue weighted by Crippen LogP contribution is -2.47. The van der Waals surface area contributed by atoms with E-state index >= 15 is 0 Å². The van der Waals surface area contributed by atoms with Crippen molar-refractivity contribution in [3.63, 3.8) is 0 Å². The van der Waals surface area contributed by atoms with Gasteiger partial charge >= 0.3 is 0 Å². The molecule has 0 spiro atoms. The molecule has 0 atom stereocenters. The Bertz CT molecular complexity index is 913. The van der Waals surface area contributed by atoms with Gasteiger partial charge in [-0.2, -0.15) is 0 Å². The minimum atomic E-state index is -0.239. The van der Waals surface area contributed by atoms with E-state index in [1.807, 2.05) is 24.1 Å². The van der Waals surface area contributed by atoms with E-state index in [0.717, 1.165) is 49.8 Å². The third-order valence-electron chi connectivity index (χ3n) is 6.80. The quantitative estimate of drug-likeness (QED) is 0.573. The van der Waals surface area contributed by atoms with Crippen molar-refractivity contribution in [1.82, 2.24) is 14.4 Å². The second kappa shape index (κ2) is 10.3. The average Bonchev–Trinajstić information content (AvgIpc) is 3.58. The molecule has 0 aliphatic heterocycles. The molecule has 0 unspecified atom stereocenters. The van der Waals surface area contributed by atoms with Crippen molar-refractivity contribution in [2.24, 2.45) is 5.92 Å². The molecule has 0 N–H and O–H groups in total. The molecule has 2 fully saturated rings. The smallest absolute Gasteiger partial charge is 0.242 e. The third-order valence-corrected chi connectivity index (χ3v) is 6.80. The van der Waals surface area contributed by atoms with Gasteiger partial charge in [-0.05, 0) is 62.4 Å². The first kappa shape index (κ1) is 22.6. The Labute approximate surface area is 190 Å². The van der Waals surface area contributed by atoms with Crippen molar-refractivity contribution in [3.05, 3.63) is 59.7 Å². The molecular weight excluding hydrogens is 405 g/mol. The molecule has 5 nitrogen and oxygen atoms in total. The molecular formula is C26H34FN3O2. The fourth-order valence-electron chi connectivity index (χ4n) is 4.71. The molecule has 6 heteroatoms. The van der Waals surface area contributed by atoms with E-state index in [1.165, 1.54) is 18.6 Å². The van der Waals surface area contributed by atoms with Gasteiger partial charge in [0.25, 0.3) is 0 Å². The molecule has 1 aromatic carbocycles. The average molecular weight is 440 g/mol. The summed E-state index contributed by atoms with van der Waals surface area (Å²) < 4.78 is 15.4. The van der Waals surface area contributed by atoms with Crippen LogP contribution in [-0.4, -0.2) is 45.3 Å². The van der Waals surface area contributed by atoms with Crippen molar-refractivity contribution in [2.75, 3.05) is 13.1 Å². The lowest BCUT2D eigenvalue weighted by molar-refractivity contribution is -0.143.